The molecule has 0 spiro atoms. The topological polar surface area (TPSA) is 89.8 Å². The fraction of sp³-hybridized carbons (Fsp3) is 0.885. The zero-order chi connectivity index (χ0) is 47.9. The third kappa shape index (κ3) is 50.4. The number of carbonyl (C=O) groups is 1. The smallest absolute Gasteiger partial charge is 0.249 e. The fourth-order valence-corrected chi connectivity index (χ4v) is 9.34. The molecule has 0 bridgehead atoms. The van der Waals surface area contributed by atoms with E-state index in [0.717, 1.165) is 38.5 Å². The molecule has 0 aromatic heterocycles. The third-order valence-electron chi connectivity index (χ3n) is 14.0. The second-order valence-electron chi connectivity index (χ2n) is 20.6. The summed E-state index contributed by atoms with van der Waals surface area (Å²) in [5.41, 5.74) is 0. The summed E-state index contributed by atoms with van der Waals surface area (Å²) < 4.78 is 0. The van der Waals surface area contributed by atoms with E-state index in [1.807, 2.05) is 6.08 Å². The predicted molar refractivity (Wildman–Crippen MR) is 291 cm³/mol. The molecule has 4 N–H and O–H groups in total. The Hall–Kier alpha value is -1.43. The molecule has 0 fully saturated rings. The summed E-state index contributed by atoms with van der Waals surface area (Å²) >= 11 is 0. The Labute approximate surface area is 413 Å². The molecule has 390 valence electrons. The van der Waals surface area contributed by atoms with E-state index in [-0.39, 0.29) is 6.61 Å². The van der Waals surface area contributed by atoms with Gasteiger partial charge in [-0.15, -0.1) is 0 Å². The first-order valence-corrected chi connectivity index (χ1v) is 29.8. The van der Waals surface area contributed by atoms with E-state index in [0.29, 0.717) is 6.42 Å². The number of hydrogen-bond donors (Lipinski definition) is 4. The van der Waals surface area contributed by atoms with Gasteiger partial charge < -0.3 is 20.6 Å². The monoisotopic (exact) mass is 928 g/mol. The van der Waals surface area contributed by atoms with Crippen LogP contribution in [0, 0.1) is 0 Å². The average Bonchev–Trinajstić information content (AvgIpc) is 3.32. The highest BCUT2D eigenvalue weighted by molar-refractivity contribution is 5.80. The SMILES string of the molecule is CCCCCCCCCCCCCCC/C=C\C/C=C\CCCCCCCCCCCCCCCCCCC(O)C(=O)NC(CO)C(O)/C=C/CCCCCCCCCCCCCCCC. The number of aliphatic hydroxyl groups is 3. The van der Waals surface area contributed by atoms with E-state index in [1.165, 1.54) is 263 Å². The maximum Gasteiger partial charge on any atom is 0.249 e. The highest BCUT2D eigenvalue weighted by Crippen LogP contribution is 2.17. The summed E-state index contributed by atoms with van der Waals surface area (Å²) in [7, 11) is 0. The molecule has 1 amide bonds. The Balaban J connectivity index is 3.50. The number of amides is 1. The number of carbonyl (C=O) groups excluding carboxylic acids is 1. The molecule has 5 heteroatoms. The molecular weight excluding hydrogens is 811 g/mol. The van der Waals surface area contributed by atoms with Crippen LogP contribution in [0.5, 0.6) is 0 Å². The molecule has 0 rings (SSSR count). The van der Waals surface area contributed by atoms with Crippen molar-refractivity contribution in [2.75, 3.05) is 6.61 Å². The molecule has 0 saturated carbocycles. The molecule has 5 nitrogen and oxygen atoms in total. The maximum absolute atomic E-state index is 12.5. The first-order chi connectivity index (χ1) is 32.6. The van der Waals surface area contributed by atoms with Crippen molar-refractivity contribution in [1.82, 2.24) is 5.32 Å². The quantitative estimate of drug-likeness (QED) is 0.0361. The first kappa shape index (κ1) is 64.6. The Kier molecular flexibility index (Phi) is 54.9. The molecule has 0 aromatic carbocycles. The number of nitrogens with one attached hydrogen (secondary N) is 1. The molecule has 0 aliphatic heterocycles. The molecule has 0 aliphatic rings. The van der Waals surface area contributed by atoms with Crippen LogP contribution in [-0.4, -0.2) is 46.1 Å². The lowest BCUT2D eigenvalue weighted by Gasteiger charge is -2.21. The van der Waals surface area contributed by atoms with Gasteiger partial charge in [0.25, 0.3) is 0 Å². The summed E-state index contributed by atoms with van der Waals surface area (Å²) in [5, 5.41) is 33.3. The summed E-state index contributed by atoms with van der Waals surface area (Å²) in [6.45, 7) is 4.21. The summed E-state index contributed by atoms with van der Waals surface area (Å²) in [5.74, 6) is -0.499. The number of aliphatic hydroxyl groups excluding tert-OH is 3. The number of unbranched alkanes of at least 4 members (excludes halogenated alkanes) is 43. The normalized spacial score (nSPS) is 13.5. The molecular formula is C61H117NO4. The van der Waals surface area contributed by atoms with Crippen LogP contribution in [0.15, 0.2) is 36.5 Å². The number of hydrogen-bond acceptors (Lipinski definition) is 4. The largest absolute Gasteiger partial charge is 0.394 e. The van der Waals surface area contributed by atoms with Crippen LogP contribution in [0.2, 0.25) is 0 Å². The molecule has 0 aromatic rings. The van der Waals surface area contributed by atoms with Crippen LogP contribution in [-0.2, 0) is 4.79 Å². The van der Waals surface area contributed by atoms with Gasteiger partial charge in [-0.3, -0.25) is 4.79 Å². The first-order valence-electron chi connectivity index (χ1n) is 29.8. The predicted octanol–water partition coefficient (Wildman–Crippen LogP) is 18.6. The van der Waals surface area contributed by atoms with Crippen molar-refractivity contribution >= 4 is 5.91 Å². The minimum Gasteiger partial charge on any atom is -0.394 e. The number of allylic oxidation sites excluding steroid dienone is 5. The van der Waals surface area contributed by atoms with Crippen LogP contribution < -0.4 is 5.32 Å². The van der Waals surface area contributed by atoms with Gasteiger partial charge in [0.05, 0.1) is 18.8 Å². The molecule has 3 atom stereocenters. The van der Waals surface area contributed by atoms with Gasteiger partial charge >= 0.3 is 0 Å². The minimum absolute atomic E-state index is 0.362. The van der Waals surface area contributed by atoms with Gasteiger partial charge in [0, 0.05) is 0 Å². The average molecular weight is 929 g/mol. The van der Waals surface area contributed by atoms with Crippen molar-refractivity contribution in [3.8, 4) is 0 Å². The molecule has 0 saturated heterocycles. The van der Waals surface area contributed by atoms with E-state index in [1.54, 1.807) is 6.08 Å². The summed E-state index contributed by atoms with van der Waals surface area (Å²) in [4.78, 5) is 12.5. The van der Waals surface area contributed by atoms with Gasteiger partial charge in [-0.1, -0.05) is 307 Å². The molecule has 3 unspecified atom stereocenters. The van der Waals surface area contributed by atoms with E-state index in [2.05, 4.69) is 43.5 Å². The van der Waals surface area contributed by atoms with E-state index < -0.39 is 24.2 Å². The van der Waals surface area contributed by atoms with Gasteiger partial charge in [-0.25, -0.2) is 0 Å². The molecule has 66 heavy (non-hydrogen) atoms. The lowest BCUT2D eigenvalue weighted by molar-refractivity contribution is -0.131. The van der Waals surface area contributed by atoms with Crippen molar-refractivity contribution in [2.24, 2.45) is 0 Å². The van der Waals surface area contributed by atoms with E-state index >= 15 is 0 Å². The highest BCUT2D eigenvalue weighted by atomic mass is 16.3. The van der Waals surface area contributed by atoms with Gasteiger partial charge in [-0.2, -0.15) is 0 Å². The van der Waals surface area contributed by atoms with Crippen molar-refractivity contribution < 1.29 is 20.1 Å². The zero-order valence-electron chi connectivity index (χ0n) is 44.6. The van der Waals surface area contributed by atoms with E-state index in [9.17, 15) is 20.1 Å². The molecule has 0 aliphatic carbocycles. The van der Waals surface area contributed by atoms with Crippen molar-refractivity contribution in [2.45, 2.75) is 340 Å². The van der Waals surface area contributed by atoms with Crippen LogP contribution in [0.4, 0.5) is 0 Å². The van der Waals surface area contributed by atoms with Crippen LogP contribution in [0.25, 0.3) is 0 Å². The summed E-state index contributed by atoms with van der Waals surface area (Å²) in [6.07, 6.45) is 73.9. The highest BCUT2D eigenvalue weighted by Gasteiger charge is 2.22. The van der Waals surface area contributed by atoms with Crippen LogP contribution in [0.1, 0.15) is 322 Å². The molecule has 0 heterocycles. The maximum atomic E-state index is 12.5. The van der Waals surface area contributed by atoms with Crippen molar-refractivity contribution in [1.29, 1.82) is 0 Å². The van der Waals surface area contributed by atoms with Gasteiger partial charge in [0.2, 0.25) is 5.91 Å². The van der Waals surface area contributed by atoms with E-state index in [4.69, 9.17) is 0 Å². The number of rotatable bonds is 55. The Morgan fingerprint density at radius 2 is 0.652 bits per heavy atom. The standard InChI is InChI=1S/C61H117NO4/c1-3-5-7-9-11-13-15-17-19-21-22-23-24-25-26-27-28-29-30-31-32-33-34-35-36-37-38-39-40-42-44-46-48-50-52-54-56-60(65)61(66)62-58(57-63)59(64)55-53-51-49-47-45-43-41-20-18-16-14-12-10-8-6-4-2/h26-27,29-30,53,55,58-60,63-65H,3-25,28,31-52,54,56-57H2,1-2H3,(H,62,66)/b27-26-,30-29-,55-53+. The Morgan fingerprint density at radius 1 is 0.379 bits per heavy atom. The summed E-state index contributed by atoms with van der Waals surface area (Å²) in [6, 6.07) is -0.797. The Bertz CT molecular complexity index is 1020. The second kappa shape index (κ2) is 56.2. The van der Waals surface area contributed by atoms with Crippen molar-refractivity contribution in [3.05, 3.63) is 36.5 Å². The van der Waals surface area contributed by atoms with Crippen LogP contribution in [0.3, 0.4) is 0 Å². The van der Waals surface area contributed by atoms with Crippen molar-refractivity contribution in [3.63, 3.8) is 0 Å². The lowest BCUT2D eigenvalue weighted by Crippen LogP contribution is -2.48. The zero-order valence-corrected chi connectivity index (χ0v) is 44.6. The fourth-order valence-electron chi connectivity index (χ4n) is 9.34. The molecule has 0 radical (unpaired) electrons. The second-order valence-corrected chi connectivity index (χ2v) is 20.6. The van der Waals surface area contributed by atoms with Gasteiger partial charge in [0.1, 0.15) is 6.10 Å². The third-order valence-corrected chi connectivity index (χ3v) is 14.0. The minimum atomic E-state index is -1.10. The van der Waals surface area contributed by atoms with Crippen LogP contribution >= 0.6 is 0 Å². The Morgan fingerprint density at radius 3 is 0.955 bits per heavy atom. The lowest BCUT2D eigenvalue weighted by atomic mass is 10.0. The van der Waals surface area contributed by atoms with Gasteiger partial charge in [-0.05, 0) is 51.4 Å². The van der Waals surface area contributed by atoms with Gasteiger partial charge in [0.15, 0.2) is 0 Å².